The van der Waals surface area contributed by atoms with Crippen molar-refractivity contribution >= 4 is 48.6 Å². The Morgan fingerprint density at radius 1 is 0.411 bits per heavy atom. The Bertz CT molecular complexity index is 4170. The average Bonchev–Trinajstić information content (AvgIpc) is 4.18. The van der Waals surface area contributed by atoms with E-state index in [0.29, 0.717) is 0 Å². The van der Waals surface area contributed by atoms with Gasteiger partial charge in [-0.05, 0) is 135 Å². The van der Waals surface area contributed by atoms with Crippen LogP contribution in [0.2, 0.25) is 0 Å². The molecule has 0 saturated heterocycles. The minimum Gasteiger partial charge on any atom is -0.485 e. The summed E-state index contributed by atoms with van der Waals surface area (Å²) in [5, 5.41) is 2.61. The Morgan fingerprint density at radius 3 is 1.70 bits per heavy atom. The van der Waals surface area contributed by atoms with E-state index in [0.717, 1.165) is 45.4 Å². The van der Waals surface area contributed by atoms with Crippen LogP contribution in [0.4, 0.5) is 17.1 Å². The molecule has 3 unspecified atom stereocenters. The molecule has 16 rings (SSSR count). The van der Waals surface area contributed by atoms with Gasteiger partial charge in [-0.15, -0.1) is 11.3 Å². The van der Waals surface area contributed by atoms with Gasteiger partial charge in [0.25, 0.3) is 0 Å². The maximum atomic E-state index is 6.90. The van der Waals surface area contributed by atoms with Crippen LogP contribution in [0.3, 0.4) is 0 Å². The number of benzene rings is 10. The van der Waals surface area contributed by atoms with Crippen LogP contribution in [-0.2, 0) is 10.8 Å². The molecule has 0 radical (unpaired) electrons. The highest BCUT2D eigenvalue weighted by molar-refractivity contribution is 7.25. The number of para-hydroxylation sites is 3. The summed E-state index contributed by atoms with van der Waals surface area (Å²) < 4.78 is 16.2. The lowest BCUT2D eigenvalue weighted by Crippen LogP contribution is -2.55. The molecule has 3 heterocycles. The van der Waals surface area contributed by atoms with Crippen molar-refractivity contribution in [2.24, 2.45) is 5.41 Å². The predicted octanol–water partition coefficient (Wildman–Crippen LogP) is 17.9. The second kappa shape index (κ2) is 14.9. The molecule has 10 aromatic carbocycles. The Hall–Kier alpha value is -8.70. The summed E-state index contributed by atoms with van der Waals surface area (Å²) in [5.41, 5.74) is 17.8. The first-order chi connectivity index (χ1) is 36.0. The van der Waals surface area contributed by atoms with Crippen molar-refractivity contribution in [3.05, 3.63) is 288 Å². The minimum atomic E-state index is -0.556. The number of thiophene rings is 1. The zero-order valence-corrected chi connectivity index (χ0v) is 40.7. The van der Waals surface area contributed by atoms with Gasteiger partial charge >= 0.3 is 0 Å². The molecule has 3 aliphatic carbocycles. The van der Waals surface area contributed by atoms with Crippen LogP contribution in [0.1, 0.15) is 45.9 Å². The fourth-order valence-corrected chi connectivity index (χ4v) is 15.0. The lowest BCUT2D eigenvalue weighted by molar-refractivity contribution is 0.0664. The summed E-state index contributed by atoms with van der Waals surface area (Å²) in [4.78, 5) is 2.47. The molecule has 4 heteroatoms. The molecule has 2 aliphatic heterocycles. The largest absolute Gasteiger partial charge is 0.485 e. The van der Waals surface area contributed by atoms with Crippen LogP contribution in [0, 0.1) is 5.41 Å². The van der Waals surface area contributed by atoms with Crippen LogP contribution in [-0.4, -0.2) is 6.10 Å². The summed E-state index contributed by atoms with van der Waals surface area (Å²) in [6.45, 7) is 2.39. The number of nitrogens with zero attached hydrogens (tertiary/aromatic N) is 1. The van der Waals surface area contributed by atoms with E-state index in [4.69, 9.17) is 9.47 Å². The Kier molecular flexibility index (Phi) is 8.38. The van der Waals surface area contributed by atoms with Crippen molar-refractivity contribution in [3.63, 3.8) is 0 Å². The number of anilines is 3. The number of hydrogen-bond donors (Lipinski definition) is 0. The Morgan fingerprint density at radius 2 is 0.945 bits per heavy atom. The van der Waals surface area contributed by atoms with Gasteiger partial charge in [0.05, 0.1) is 10.8 Å². The molecule has 3 atom stereocenters. The van der Waals surface area contributed by atoms with Gasteiger partial charge in [0.1, 0.15) is 23.4 Å². The van der Waals surface area contributed by atoms with Gasteiger partial charge in [0.2, 0.25) is 0 Å². The van der Waals surface area contributed by atoms with Crippen molar-refractivity contribution < 1.29 is 9.47 Å². The maximum absolute atomic E-state index is 6.90. The molecule has 1 aromatic heterocycles. The summed E-state index contributed by atoms with van der Waals surface area (Å²) >= 11 is 1.86. The standard InChI is InChI=1S/C69H45NO2S/c1-67-39-15-14-28-66(67)72-63-26-12-9-23-60(63)69(67)56-20-6-3-17-49(56)52-42-47(35-37-57(52)69)70(45-32-29-43(30-33-45)44-31-38-65-53(40-44)50-18-4-13-27-64(50)73-65)46-34-36-55-51(41-46)48-16-2-5-19-54(48)68(55)58-21-7-10-24-61(58)71-62-25-11-8-22-59(62)68/h2-42,66H,1H3. The summed E-state index contributed by atoms with van der Waals surface area (Å²) in [5.74, 6) is 2.73. The smallest absolute Gasteiger partial charge is 0.132 e. The second-order valence-corrected chi connectivity index (χ2v) is 21.5. The highest BCUT2D eigenvalue weighted by atomic mass is 32.1. The SMILES string of the molecule is CC12C=CC=CC1Oc1ccccc1C21c2ccccc2-c2cc(N(c3ccc(-c4ccc5sc6ccccc6c5c4)cc3)c3ccc4c(c3)-c3ccccc3C43c4ccccc4Oc4ccccc43)ccc21. The van der Waals surface area contributed by atoms with Crippen molar-refractivity contribution in [1.82, 2.24) is 0 Å². The van der Waals surface area contributed by atoms with Crippen LogP contribution >= 0.6 is 11.3 Å². The molecule has 73 heavy (non-hydrogen) atoms. The van der Waals surface area contributed by atoms with Crippen LogP contribution in [0.5, 0.6) is 17.2 Å². The van der Waals surface area contributed by atoms with Crippen molar-refractivity contribution in [3.8, 4) is 50.6 Å². The molecule has 0 fully saturated rings. The highest BCUT2D eigenvalue weighted by Gasteiger charge is 2.62. The highest BCUT2D eigenvalue weighted by Crippen LogP contribution is 2.68. The number of hydrogen-bond acceptors (Lipinski definition) is 4. The van der Waals surface area contributed by atoms with Crippen molar-refractivity contribution in [2.75, 3.05) is 4.90 Å². The topological polar surface area (TPSA) is 21.7 Å². The summed E-state index contributed by atoms with van der Waals surface area (Å²) in [6, 6.07) is 83.3. The molecule has 11 aromatic rings. The minimum absolute atomic E-state index is 0.146. The van der Waals surface area contributed by atoms with E-state index in [1.807, 2.05) is 11.3 Å². The maximum Gasteiger partial charge on any atom is 0.132 e. The van der Waals surface area contributed by atoms with Gasteiger partial charge in [-0.1, -0.05) is 177 Å². The summed E-state index contributed by atoms with van der Waals surface area (Å²) in [7, 11) is 0. The third-order valence-electron chi connectivity index (χ3n) is 17.0. The molecule has 344 valence electrons. The summed E-state index contributed by atoms with van der Waals surface area (Å²) in [6.07, 6.45) is 8.84. The van der Waals surface area contributed by atoms with E-state index < -0.39 is 16.2 Å². The molecular weight excluding hydrogens is 907 g/mol. The van der Waals surface area contributed by atoms with E-state index in [1.165, 1.54) is 81.4 Å². The van der Waals surface area contributed by atoms with E-state index in [2.05, 4.69) is 261 Å². The molecule has 2 spiro atoms. The molecule has 0 bridgehead atoms. The molecule has 0 N–H and O–H groups in total. The van der Waals surface area contributed by atoms with E-state index in [-0.39, 0.29) is 6.10 Å². The molecule has 0 saturated carbocycles. The van der Waals surface area contributed by atoms with Crippen LogP contribution in [0.25, 0.3) is 53.6 Å². The Balaban J connectivity index is 0.915. The zero-order chi connectivity index (χ0) is 48.0. The number of allylic oxidation sites excluding steroid dienone is 2. The third kappa shape index (κ3) is 5.33. The van der Waals surface area contributed by atoms with Gasteiger partial charge < -0.3 is 14.4 Å². The van der Waals surface area contributed by atoms with E-state index in [9.17, 15) is 0 Å². The molecular formula is C69H45NO2S. The molecule has 5 aliphatic rings. The fraction of sp³-hybridized carbons (Fsp3) is 0.0725. The quantitative estimate of drug-likeness (QED) is 0.175. The van der Waals surface area contributed by atoms with Crippen LogP contribution in [0.15, 0.2) is 249 Å². The first kappa shape index (κ1) is 41.0. The van der Waals surface area contributed by atoms with Gasteiger partial charge in [-0.25, -0.2) is 0 Å². The van der Waals surface area contributed by atoms with Gasteiger partial charge in [-0.3, -0.25) is 0 Å². The van der Waals surface area contributed by atoms with E-state index >= 15 is 0 Å². The normalized spacial score (nSPS) is 19.5. The Labute approximate surface area is 428 Å². The fourth-order valence-electron chi connectivity index (χ4n) is 13.9. The lowest BCUT2D eigenvalue weighted by atomic mass is 9.52. The number of fused-ring (bicyclic) bond motifs is 21. The first-order valence-electron chi connectivity index (χ1n) is 25.3. The second-order valence-electron chi connectivity index (χ2n) is 20.4. The predicted molar refractivity (Wildman–Crippen MR) is 299 cm³/mol. The van der Waals surface area contributed by atoms with Crippen molar-refractivity contribution in [1.29, 1.82) is 0 Å². The van der Waals surface area contributed by atoms with Gasteiger partial charge in [0, 0.05) is 59.3 Å². The third-order valence-corrected chi connectivity index (χ3v) is 18.1. The van der Waals surface area contributed by atoms with Gasteiger partial charge in [-0.2, -0.15) is 0 Å². The first-order valence-corrected chi connectivity index (χ1v) is 26.2. The van der Waals surface area contributed by atoms with Gasteiger partial charge in [0.15, 0.2) is 0 Å². The van der Waals surface area contributed by atoms with Crippen LogP contribution < -0.4 is 14.4 Å². The molecule has 3 nitrogen and oxygen atoms in total. The number of rotatable bonds is 4. The van der Waals surface area contributed by atoms with E-state index in [1.54, 1.807) is 0 Å². The number of ether oxygens (including phenoxy) is 2. The molecule has 0 amide bonds. The van der Waals surface area contributed by atoms with Crippen molar-refractivity contribution in [2.45, 2.75) is 23.9 Å². The average molecular weight is 952 g/mol. The monoisotopic (exact) mass is 951 g/mol. The zero-order valence-electron chi connectivity index (χ0n) is 39.9. The lowest BCUT2D eigenvalue weighted by Gasteiger charge is -2.54.